The van der Waals surface area contributed by atoms with Gasteiger partial charge >= 0.3 is 0 Å². The Morgan fingerprint density at radius 2 is 1.94 bits per heavy atom. The van der Waals surface area contributed by atoms with E-state index >= 15 is 0 Å². The van der Waals surface area contributed by atoms with E-state index in [2.05, 4.69) is 29.5 Å². The molecule has 0 saturated carbocycles. The Hall–Kier alpha value is -3.13. The largest absolute Gasteiger partial charge is 0.482 e. The first-order valence-corrected chi connectivity index (χ1v) is 11.6. The van der Waals surface area contributed by atoms with Crippen molar-refractivity contribution in [2.75, 3.05) is 11.9 Å². The number of anilines is 1. The van der Waals surface area contributed by atoms with Crippen molar-refractivity contribution >= 4 is 63.2 Å². The van der Waals surface area contributed by atoms with Gasteiger partial charge in [0.2, 0.25) is 5.89 Å². The molecule has 0 atom stereocenters. The van der Waals surface area contributed by atoms with E-state index in [4.69, 9.17) is 44.6 Å². The summed E-state index contributed by atoms with van der Waals surface area (Å²) in [5.74, 6) is 0.829. The summed E-state index contributed by atoms with van der Waals surface area (Å²) in [6, 6.07) is 18.2. The predicted octanol–water partition coefficient (Wildman–Crippen LogP) is 6.82. The molecule has 9 heteroatoms. The Morgan fingerprint density at radius 3 is 2.71 bits per heavy atom. The lowest BCUT2D eigenvalue weighted by Crippen LogP contribution is -2.37. The number of benzene rings is 3. The molecule has 1 amide bonds. The van der Waals surface area contributed by atoms with Crippen LogP contribution in [0.25, 0.3) is 22.6 Å². The molecule has 2 N–H and O–H groups in total. The number of amides is 1. The van der Waals surface area contributed by atoms with Crippen LogP contribution < -0.4 is 15.4 Å². The molecular formula is C25H21Cl2N3O3S. The maximum atomic E-state index is 12.2. The highest BCUT2D eigenvalue weighted by Crippen LogP contribution is 2.29. The van der Waals surface area contributed by atoms with Crippen molar-refractivity contribution in [2.24, 2.45) is 0 Å². The Labute approximate surface area is 212 Å². The maximum absolute atomic E-state index is 12.2. The van der Waals surface area contributed by atoms with E-state index in [1.54, 1.807) is 12.1 Å². The highest BCUT2D eigenvalue weighted by Gasteiger charge is 2.12. The Kier molecular flexibility index (Phi) is 7.36. The molecule has 174 valence electrons. The summed E-state index contributed by atoms with van der Waals surface area (Å²) in [5, 5.41) is 6.49. The van der Waals surface area contributed by atoms with Crippen molar-refractivity contribution in [3.63, 3.8) is 0 Å². The highest BCUT2D eigenvalue weighted by molar-refractivity contribution is 7.80. The van der Waals surface area contributed by atoms with E-state index in [0.717, 1.165) is 16.7 Å². The second kappa shape index (κ2) is 10.4. The van der Waals surface area contributed by atoms with Gasteiger partial charge in [-0.2, -0.15) is 0 Å². The molecule has 0 fully saturated rings. The maximum Gasteiger partial charge on any atom is 0.264 e. The van der Waals surface area contributed by atoms with Crippen LogP contribution in [0.15, 0.2) is 65.1 Å². The average Bonchev–Trinajstić information content (AvgIpc) is 3.22. The molecular weight excluding hydrogens is 493 g/mol. The lowest BCUT2D eigenvalue weighted by atomic mass is 10.0. The van der Waals surface area contributed by atoms with Crippen molar-refractivity contribution < 1.29 is 13.9 Å². The molecule has 0 radical (unpaired) electrons. The van der Waals surface area contributed by atoms with Gasteiger partial charge in [0.1, 0.15) is 11.3 Å². The lowest BCUT2D eigenvalue weighted by Gasteiger charge is -2.11. The molecule has 6 nitrogen and oxygen atoms in total. The fourth-order valence-corrected chi connectivity index (χ4v) is 3.91. The summed E-state index contributed by atoms with van der Waals surface area (Å²) < 4.78 is 11.4. The molecule has 0 spiro atoms. The van der Waals surface area contributed by atoms with E-state index in [1.807, 2.05) is 42.5 Å². The predicted molar refractivity (Wildman–Crippen MR) is 140 cm³/mol. The molecule has 0 aliphatic carbocycles. The summed E-state index contributed by atoms with van der Waals surface area (Å²) in [7, 11) is 0. The van der Waals surface area contributed by atoms with Crippen LogP contribution in [0.3, 0.4) is 0 Å². The van der Waals surface area contributed by atoms with Crippen LogP contribution in [0.4, 0.5) is 5.69 Å². The number of ether oxygens (including phenoxy) is 1. The minimum absolute atomic E-state index is 0.132. The first-order valence-electron chi connectivity index (χ1n) is 10.5. The number of carbonyl (C=O) groups excluding carboxylic acids is 1. The summed E-state index contributed by atoms with van der Waals surface area (Å²) >= 11 is 17.2. The second-order valence-electron chi connectivity index (χ2n) is 7.85. The van der Waals surface area contributed by atoms with Gasteiger partial charge in [-0.15, -0.1) is 0 Å². The van der Waals surface area contributed by atoms with Gasteiger partial charge in [-0.1, -0.05) is 49.2 Å². The SMILES string of the molecule is CC(C)c1ccc2oc(-c3cccc(NC(=S)NC(=O)COc4ccc(Cl)cc4Cl)c3)nc2c1. The Morgan fingerprint density at radius 1 is 1.12 bits per heavy atom. The number of hydrogen-bond donors (Lipinski definition) is 2. The fraction of sp³-hybridized carbons (Fsp3) is 0.160. The van der Waals surface area contributed by atoms with Crippen molar-refractivity contribution in [2.45, 2.75) is 19.8 Å². The molecule has 1 aromatic heterocycles. The molecule has 4 rings (SSSR count). The minimum atomic E-state index is -0.431. The fourth-order valence-electron chi connectivity index (χ4n) is 3.22. The van der Waals surface area contributed by atoms with Crippen molar-refractivity contribution in [3.8, 4) is 17.2 Å². The van der Waals surface area contributed by atoms with E-state index in [1.165, 1.54) is 11.6 Å². The monoisotopic (exact) mass is 513 g/mol. The standard InChI is InChI=1S/C25H21Cl2N3O3S/c1-14(2)15-6-8-22-20(11-15)29-24(33-22)16-4-3-5-18(10-16)28-25(34)30-23(31)13-32-21-9-7-17(26)12-19(21)27/h3-12,14H,13H2,1-2H3,(H2,28,30,31,34). The molecule has 4 aromatic rings. The summed E-state index contributed by atoms with van der Waals surface area (Å²) in [5.41, 5.74) is 4.19. The molecule has 0 saturated heterocycles. The van der Waals surface area contributed by atoms with E-state index in [9.17, 15) is 4.79 Å². The van der Waals surface area contributed by atoms with Gasteiger partial charge < -0.3 is 14.5 Å². The Bertz CT molecular complexity index is 1370. The third kappa shape index (κ3) is 5.86. The number of aromatic nitrogens is 1. The van der Waals surface area contributed by atoms with Gasteiger partial charge in [-0.25, -0.2) is 4.98 Å². The molecule has 3 aromatic carbocycles. The van der Waals surface area contributed by atoms with Crippen LogP contribution in [0.2, 0.25) is 10.0 Å². The first kappa shape index (κ1) is 24.0. The molecule has 0 aliphatic heterocycles. The van der Waals surface area contributed by atoms with Crippen molar-refractivity contribution in [1.29, 1.82) is 0 Å². The number of thiocarbonyl (C=S) groups is 1. The van der Waals surface area contributed by atoms with Gasteiger partial charge in [0.05, 0.1) is 5.02 Å². The van der Waals surface area contributed by atoms with E-state index < -0.39 is 5.91 Å². The third-order valence-electron chi connectivity index (χ3n) is 4.95. The molecule has 0 bridgehead atoms. The van der Waals surface area contributed by atoms with Crippen LogP contribution in [-0.4, -0.2) is 22.6 Å². The van der Waals surface area contributed by atoms with Gasteiger partial charge in [-0.05, 0) is 72.2 Å². The van der Waals surface area contributed by atoms with Crippen LogP contribution in [0, 0.1) is 0 Å². The number of rotatable bonds is 6. The Balaban J connectivity index is 1.38. The van der Waals surface area contributed by atoms with Crippen molar-refractivity contribution in [1.82, 2.24) is 10.3 Å². The van der Waals surface area contributed by atoms with E-state index in [-0.39, 0.29) is 11.7 Å². The zero-order valence-corrected chi connectivity index (χ0v) is 20.7. The average molecular weight is 514 g/mol. The minimum Gasteiger partial charge on any atom is -0.482 e. The number of hydrogen-bond acceptors (Lipinski definition) is 5. The van der Waals surface area contributed by atoms with Gasteiger partial charge in [0, 0.05) is 16.3 Å². The van der Waals surface area contributed by atoms with Gasteiger partial charge in [0.25, 0.3) is 5.91 Å². The number of oxazole rings is 1. The summed E-state index contributed by atoms with van der Waals surface area (Å²) in [4.78, 5) is 16.8. The van der Waals surface area contributed by atoms with Crippen LogP contribution in [-0.2, 0) is 4.79 Å². The second-order valence-corrected chi connectivity index (χ2v) is 9.10. The molecule has 34 heavy (non-hydrogen) atoms. The summed E-state index contributed by atoms with van der Waals surface area (Å²) in [6.07, 6.45) is 0. The number of carbonyl (C=O) groups is 1. The third-order valence-corrected chi connectivity index (χ3v) is 5.69. The van der Waals surface area contributed by atoms with Gasteiger partial charge in [0.15, 0.2) is 17.3 Å². The zero-order chi connectivity index (χ0) is 24.2. The number of halogens is 2. The van der Waals surface area contributed by atoms with Crippen LogP contribution in [0.1, 0.15) is 25.3 Å². The van der Waals surface area contributed by atoms with Crippen molar-refractivity contribution in [3.05, 3.63) is 76.3 Å². The molecule has 0 unspecified atom stereocenters. The summed E-state index contributed by atoms with van der Waals surface area (Å²) in [6.45, 7) is 4.01. The normalized spacial score (nSPS) is 11.0. The van der Waals surface area contributed by atoms with Crippen LogP contribution >= 0.6 is 35.4 Å². The van der Waals surface area contributed by atoms with Crippen LogP contribution in [0.5, 0.6) is 5.75 Å². The first-order chi connectivity index (χ1) is 16.3. The quantitative estimate of drug-likeness (QED) is 0.275. The molecule has 0 aliphatic rings. The smallest absolute Gasteiger partial charge is 0.264 e. The molecule has 1 heterocycles. The topological polar surface area (TPSA) is 76.4 Å². The van der Waals surface area contributed by atoms with E-state index in [0.29, 0.717) is 33.3 Å². The lowest BCUT2D eigenvalue weighted by molar-refractivity contribution is -0.121. The highest BCUT2D eigenvalue weighted by atomic mass is 35.5. The number of nitrogens with one attached hydrogen (secondary N) is 2. The number of nitrogens with zero attached hydrogens (tertiary/aromatic N) is 1. The number of fused-ring (bicyclic) bond motifs is 1. The zero-order valence-electron chi connectivity index (χ0n) is 18.4. The van der Waals surface area contributed by atoms with Gasteiger partial charge in [-0.3, -0.25) is 10.1 Å².